The van der Waals surface area contributed by atoms with Crippen molar-refractivity contribution in [3.8, 4) is 0 Å². The zero-order chi connectivity index (χ0) is 27.0. The summed E-state index contributed by atoms with van der Waals surface area (Å²) in [6.07, 6.45) is 4.00. The van der Waals surface area contributed by atoms with Crippen LogP contribution in [0.25, 0.3) is 0 Å². The molecule has 12 nitrogen and oxygen atoms in total. The lowest BCUT2D eigenvalue weighted by atomic mass is 10.0. The number of hydrogen-bond donors (Lipinski definition) is 4. The van der Waals surface area contributed by atoms with E-state index in [1.54, 1.807) is 13.8 Å². The van der Waals surface area contributed by atoms with Gasteiger partial charge in [0.25, 0.3) is 0 Å². The molecule has 4 amide bonds. The second-order valence-corrected chi connectivity index (χ2v) is 10.1. The number of carboxylic acids is 1. The molecule has 204 valence electrons. The molecule has 2 fully saturated rings. The molecule has 0 spiro atoms. The van der Waals surface area contributed by atoms with Crippen molar-refractivity contribution < 1.29 is 29.1 Å². The average Bonchev–Trinajstić information content (AvgIpc) is 3.51. The Kier molecular flexibility index (Phi) is 11.1. The minimum atomic E-state index is -1.06. The molecule has 0 unspecified atom stereocenters. The third kappa shape index (κ3) is 7.39. The number of nitrogens with two attached hydrogens (primary N) is 2. The van der Waals surface area contributed by atoms with Gasteiger partial charge in [-0.25, -0.2) is 4.79 Å². The summed E-state index contributed by atoms with van der Waals surface area (Å²) in [5.41, 5.74) is 11.4. The predicted molar refractivity (Wildman–Crippen MR) is 132 cm³/mol. The van der Waals surface area contributed by atoms with Gasteiger partial charge in [0.15, 0.2) is 0 Å². The van der Waals surface area contributed by atoms with Crippen molar-refractivity contribution in [2.45, 2.75) is 83.0 Å². The molecule has 0 aromatic rings. The Hall–Kier alpha value is -2.73. The Bertz CT molecular complexity index is 821. The number of amides is 4. The van der Waals surface area contributed by atoms with Gasteiger partial charge < -0.3 is 36.6 Å². The van der Waals surface area contributed by atoms with Crippen LogP contribution in [-0.2, 0) is 24.0 Å². The van der Waals surface area contributed by atoms with Gasteiger partial charge in [-0.3, -0.25) is 19.2 Å². The number of nitrogens with zero attached hydrogens (tertiary/aromatic N) is 3. The van der Waals surface area contributed by atoms with E-state index >= 15 is 0 Å². The summed E-state index contributed by atoms with van der Waals surface area (Å²) in [5.74, 6) is -2.91. The van der Waals surface area contributed by atoms with Crippen molar-refractivity contribution in [2.75, 3.05) is 33.2 Å². The van der Waals surface area contributed by atoms with Gasteiger partial charge in [-0.2, -0.15) is 0 Å². The molecular weight excluding hydrogens is 468 g/mol. The van der Waals surface area contributed by atoms with Crippen molar-refractivity contribution >= 4 is 29.6 Å². The first-order valence-electron chi connectivity index (χ1n) is 12.8. The van der Waals surface area contributed by atoms with Gasteiger partial charge in [-0.1, -0.05) is 20.3 Å². The van der Waals surface area contributed by atoms with Crippen LogP contribution >= 0.6 is 0 Å². The zero-order valence-electron chi connectivity index (χ0n) is 21.6. The lowest BCUT2D eigenvalue weighted by Crippen LogP contribution is -2.57. The van der Waals surface area contributed by atoms with Crippen LogP contribution in [0.4, 0.5) is 0 Å². The molecule has 12 heteroatoms. The van der Waals surface area contributed by atoms with Crippen LogP contribution in [0.5, 0.6) is 0 Å². The average molecular weight is 511 g/mol. The summed E-state index contributed by atoms with van der Waals surface area (Å²) in [4.78, 5) is 67.4. The van der Waals surface area contributed by atoms with E-state index in [4.69, 9.17) is 11.5 Å². The van der Waals surface area contributed by atoms with Crippen molar-refractivity contribution in [3.63, 3.8) is 0 Å². The van der Waals surface area contributed by atoms with Gasteiger partial charge in [0.05, 0.1) is 12.6 Å². The highest BCUT2D eigenvalue weighted by Gasteiger charge is 2.41. The largest absolute Gasteiger partial charge is 0.480 e. The minimum Gasteiger partial charge on any atom is -0.480 e. The Morgan fingerprint density at radius 3 is 2.22 bits per heavy atom. The molecule has 0 aromatic heterocycles. The summed E-state index contributed by atoms with van der Waals surface area (Å²) in [6, 6.07) is -3.27. The van der Waals surface area contributed by atoms with E-state index in [-0.39, 0.29) is 24.3 Å². The van der Waals surface area contributed by atoms with Crippen LogP contribution in [-0.4, -0.2) is 107 Å². The third-order valence-electron chi connectivity index (χ3n) is 6.96. The van der Waals surface area contributed by atoms with Crippen LogP contribution in [0.15, 0.2) is 0 Å². The van der Waals surface area contributed by atoms with E-state index in [0.717, 1.165) is 12.8 Å². The number of carbonyl (C=O) groups is 5. The van der Waals surface area contributed by atoms with Crippen molar-refractivity contribution in [2.24, 2.45) is 17.4 Å². The topological polar surface area (TPSA) is 179 Å². The maximum absolute atomic E-state index is 13.2. The number of aliphatic carboxylic acids is 1. The number of hydrogen-bond acceptors (Lipinski definition) is 7. The van der Waals surface area contributed by atoms with Crippen LogP contribution in [0.3, 0.4) is 0 Å². The molecule has 2 saturated heterocycles. The fraction of sp³-hybridized carbons (Fsp3) is 0.792. The van der Waals surface area contributed by atoms with Gasteiger partial charge in [0, 0.05) is 20.1 Å². The standard InChI is InChI=1S/C24H42N6O6/c1-15(2)20(23(34)30-13-7-10-18(30)24(35)36)27-21(32)17-9-6-12-29(17)19(31)14-28(3)22(33)16(26)8-4-5-11-25/h15-18,20H,4-14,25-26H2,1-3H3,(H,27,32)(H,35,36)/t16-,17-,18-,20-/m0/s1. The normalized spacial score (nSPS) is 21.4. The number of unbranched alkanes of at least 4 members (excludes halogenated alkanes) is 1. The molecule has 2 aliphatic rings. The van der Waals surface area contributed by atoms with E-state index in [1.807, 2.05) is 0 Å². The van der Waals surface area contributed by atoms with Crippen molar-refractivity contribution in [1.29, 1.82) is 0 Å². The summed E-state index contributed by atoms with van der Waals surface area (Å²) >= 11 is 0. The van der Waals surface area contributed by atoms with Crippen molar-refractivity contribution in [1.82, 2.24) is 20.0 Å². The molecule has 36 heavy (non-hydrogen) atoms. The first kappa shape index (κ1) is 29.5. The highest BCUT2D eigenvalue weighted by molar-refractivity contribution is 5.95. The number of nitrogens with one attached hydrogen (secondary N) is 1. The summed E-state index contributed by atoms with van der Waals surface area (Å²) in [6.45, 7) is 4.59. The summed E-state index contributed by atoms with van der Waals surface area (Å²) in [5, 5.41) is 12.2. The Morgan fingerprint density at radius 2 is 1.64 bits per heavy atom. The van der Waals surface area contributed by atoms with Gasteiger partial charge in [-0.15, -0.1) is 0 Å². The second kappa shape index (κ2) is 13.5. The van der Waals surface area contributed by atoms with Crippen LogP contribution in [0.2, 0.25) is 0 Å². The van der Waals surface area contributed by atoms with Gasteiger partial charge in [0.1, 0.15) is 18.1 Å². The second-order valence-electron chi connectivity index (χ2n) is 10.1. The van der Waals surface area contributed by atoms with Crippen molar-refractivity contribution in [3.05, 3.63) is 0 Å². The highest BCUT2D eigenvalue weighted by atomic mass is 16.4. The summed E-state index contributed by atoms with van der Waals surface area (Å²) < 4.78 is 0. The van der Waals surface area contributed by atoms with E-state index < -0.39 is 42.0 Å². The number of rotatable bonds is 12. The van der Waals surface area contributed by atoms with Crippen LogP contribution in [0.1, 0.15) is 58.8 Å². The number of carbonyl (C=O) groups excluding carboxylic acids is 4. The maximum atomic E-state index is 13.2. The fourth-order valence-electron chi connectivity index (χ4n) is 4.85. The fourth-order valence-corrected chi connectivity index (χ4v) is 4.85. The Morgan fingerprint density at radius 1 is 1.03 bits per heavy atom. The van der Waals surface area contributed by atoms with E-state index in [1.165, 1.54) is 21.7 Å². The molecule has 2 aliphatic heterocycles. The molecule has 0 aliphatic carbocycles. The number of likely N-dealkylation sites (tertiary alicyclic amines) is 2. The molecule has 0 aromatic carbocycles. The molecular formula is C24H42N6O6. The lowest BCUT2D eigenvalue weighted by Gasteiger charge is -2.32. The third-order valence-corrected chi connectivity index (χ3v) is 6.96. The van der Waals surface area contributed by atoms with Crippen LogP contribution in [0, 0.1) is 5.92 Å². The molecule has 0 radical (unpaired) electrons. The summed E-state index contributed by atoms with van der Waals surface area (Å²) in [7, 11) is 1.51. The van der Waals surface area contributed by atoms with E-state index in [9.17, 15) is 29.1 Å². The SMILES string of the molecule is CC(C)[C@H](NC(=O)[C@@H]1CCCN1C(=O)CN(C)C(=O)[C@@H](N)CCCCN)C(=O)N1CCC[C@H]1C(=O)O. The van der Waals surface area contributed by atoms with E-state index in [0.29, 0.717) is 51.7 Å². The highest BCUT2D eigenvalue weighted by Crippen LogP contribution is 2.22. The number of likely N-dealkylation sites (N-methyl/N-ethyl adjacent to an activating group) is 1. The van der Waals surface area contributed by atoms with Crippen LogP contribution < -0.4 is 16.8 Å². The zero-order valence-corrected chi connectivity index (χ0v) is 21.6. The monoisotopic (exact) mass is 510 g/mol. The van der Waals surface area contributed by atoms with Gasteiger partial charge >= 0.3 is 5.97 Å². The Labute approximate surface area is 212 Å². The minimum absolute atomic E-state index is 0.201. The first-order valence-corrected chi connectivity index (χ1v) is 12.8. The predicted octanol–water partition coefficient (Wildman–Crippen LogP) is -0.891. The van der Waals surface area contributed by atoms with E-state index in [2.05, 4.69) is 5.32 Å². The van der Waals surface area contributed by atoms with Gasteiger partial charge in [-0.05, 0) is 51.0 Å². The van der Waals surface area contributed by atoms with Gasteiger partial charge in [0.2, 0.25) is 23.6 Å². The maximum Gasteiger partial charge on any atom is 0.326 e. The molecule has 2 heterocycles. The Balaban J connectivity index is 2.01. The quantitative estimate of drug-likeness (QED) is 0.244. The molecule has 0 bridgehead atoms. The lowest BCUT2D eigenvalue weighted by molar-refractivity contribution is -0.150. The molecule has 2 rings (SSSR count). The first-order chi connectivity index (χ1) is 17.0. The molecule has 4 atom stereocenters. The molecule has 0 saturated carbocycles. The molecule has 6 N–H and O–H groups in total. The number of carboxylic acid groups (broad SMARTS) is 1. The smallest absolute Gasteiger partial charge is 0.326 e.